The van der Waals surface area contributed by atoms with E-state index in [9.17, 15) is 0 Å². The number of nitrogens with two attached hydrogens (primary N) is 1. The lowest BCUT2D eigenvalue weighted by molar-refractivity contribution is 0.00658. The van der Waals surface area contributed by atoms with E-state index in [1.807, 2.05) is 0 Å². The largest absolute Gasteiger partial charge is 0.387 e. The first-order chi connectivity index (χ1) is 6.51. The molecule has 4 fully saturated rings. The molecule has 4 heteroatoms. The zero-order valence-corrected chi connectivity index (χ0v) is 11.2. The van der Waals surface area contributed by atoms with Crippen LogP contribution in [0.2, 0.25) is 0 Å². The third kappa shape index (κ3) is 1.62. The van der Waals surface area contributed by atoms with E-state index in [1.54, 1.807) is 0 Å². The van der Waals surface area contributed by atoms with Crippen molar-refractivity contribution >= 4 is 34.2 Å². The summed E-state index contributed by atoms with van der Waals surface area (Å²) in [6.07, 6.45) is 7.51. The third-order valence-electron chi connectivity index (χ3n) is 4.56. The third-order valence-corrected chi connectivity index (χ3v) is 5.49. The molecule has 0 spiro atoms. The SMILES string of the molecule is Cl.N=C(N)C12CC3CC(CC(Br)(C3)C1)C2. The van der Waals surface area contributed by atoms with Crippen molar-refractivity contribution in [3.8, 4) is 0 Å². The van der Waals surface area contributed by atoms with E-state index >= 15 is 0 Å². The predicted octanol–water partition coefficient (Wildman–Crippen LogP) is 3.08. The van der Waals surface area contributed by atoms with E-state index < -0.39 is 0 Å². The molecule has 2 unspecified atom stereocenters. The maximum atomic E-state index is 7.81. The number of hydrogen-bond acceptors (Lipinski definition) is 1. The van der Waals surface area contributed by atoms with Gasteiger partial charge in [-0.25, -0.2) is 0 Å². The standard InChI is InChI=1S/C11H17BrN2.ClH/c12-11-4-7-1-8(5-11)3-10(2-7,6-11)9(13)14;/h7-8H,1-6H2,(H3,13,14);1H. The maximum Gasteiger partial charge on any atom is 0.0969 e. The van der Waals surface area contributed by atoms with E-state index in [2.05, 4.69) is 15.9 Å². The summed E-state index contributed by atoms with van der Waals surface area (Å²) in [5.74, 6) is 2.12. The Kier molecular flexibility index (Phi) is 2.63. The van der Waals surface area contributed by atoms with Crippen molar-refractivity contribution in [1.82, 2.24) is 0 Å². The molecule has 2 nitrogen and oxygen atoms in total. The topological polar surface area (TPSA) is 49.9 Å². The number of rotatable bonds is 1. The number of amidine groups is 1. The fraction of sp³-hybridized carbons (Fsp3) is 0.909. The average Bonchev–Trinajstić information content (AvgIpc) is 1.98. The molecule has 0 radical (unpaired) electrons. The molecule has 0 amide bonds. The molecule has 4 aliphatic carbocycles. The molecular formula is C11H18BrClN2. The van der Waals surface area contributed by atoms with Crippen LogP contribution in [0.4, 0.5) is 0 Å². The van der Waals surface area contributed by atoms with Crippen LogP contribution in [0, 0.1) is 22.7 Å². The maximum absolute atomic E-state index is 7.81. The minimum Gasteiger partial charge on any atom is -0.387 e. The van der Waals surface area contributed by atoms with Gasteiger partial charge in [-0.15, -0.1) is 12.4 Å². The summed E-state index contributed by atoms with van der Waals surface area (Å²) in [5, 5.41) is 7.81. The average molecular weight is 294 g/mol. The van der Waals surface area contributed by atoms with Crippen LogP contribution in [0.15, 0.2) is 0 Å². The molecule has 86 valence electrons. The highest BCUT2D eigenvalue weighted by Gasteiger charge is 2.58. The van der Waals surface area contributed by atoms with Gasteiger partial charge in [-0.05, 0) is 50.4 Å². The molecule has 15 heavy (non-hydrogen) atoms. The number of nitrogens with one attached hydrogen (secondary N) is 1. The smallest absolute Gasteiger partial charge is 0.0969 e. The van der Waals surface area contributed by atoms with Crippen molar-refractivity contribution in [2.75, 3.05) is 0 Å². The molecule has 4 saturated carbocycles. The molecule has 0 aromatic rings. The molecule has 4 aliphatic rings. The van der Waals surface area contributed by atoms with Gasteiger partial charge in [0.1, 0.15) is 0 Å². The summed E-state index contributed by atoms with van der Waals surface area (Å²) >= 11 is 3.91. The zero-order valence-electron chi connectivity index (χ0n) is 8.76. The van der Waals surface area contributed by atoms with Crippen molar-refractivity contribution < 1.29 is 0 Å². The quantitative estimate of drug-likeness (QED) is 0.436. The van der Waals surface area contributed by atoms with Crippen LogP contribution in [0.25, 0.3) is 0 Å². The monoisotopic (exact) mass is 292 g/mol. The second-order valence-electron chi connectivity index (χ2n) is 5.81. The molecule has 2 atom stereocenters. The summed E-state index contributed by atoms with van der Waals surface area (Å²) in [4.78, 5) is 0. The van der Waals surface area contributed by atoms with Crippen LogP contribution in [0.5, 0.6) is 0 Å². The van der Waals surface area contributed by atoms with Crippen molar-refractivity contribution in [3.05, 3.63) is 0 Å². The van der Waals surface area contributed by atoms with Crippen molar-refractivity contribution in [2.45, 2.75) is 42.8 Å². The molecule has 0 saturated heterocycles. The van der Waals surface area contributed by atoms with Crippen LogP contribution < -0.4 is 5.73 Å². The van der Waals surface area contributed by atoms with Crippen LogP contribution in [-0.4, -0.2) is 10.2 Å². The minimum atomic E-state index is 0. The summed E-state index contributed by atoms with van der Waals surface area (Å²) < 4.78 is 0.336. The Morgan fingerprint density at radius 1 is 1.20 bits per heavy atom. The van der Waals surface area contributed by atoms with Gasteiger partial charge in [0, 0.05) is 9.74 Å². The molecule has 0 heterocycles. The summed E-state index contributed by atoms with van der Waals surface area (Å²) in [6.45, 7) is 0. The van der Waals surface area contributed by atoms with E-state index in [1.165, 1.54) is 32.1 Å². The van der Waals surface area contributed by atoms with Gasteiger partial charge in [0.25, 0.3) is 0 Å². The van der Waals surface area contributed by atoms with E-state index in [4.69, 9.17) is 11.1 Å². The minimum absolute atomic E-state index is 0. The van der Waals surface area contributed by atoms with Gasteiger partial charge in [0.2, 0.25) is 0 Å². The van der Waals surface area contributed by atoms with Crippen molar-refractivity contribution in [2.24, 2.45) is 23.0 Å². The number of halogens is 2. The van der Waals surface area contributed by atoms with E-state index in [0.717, 1.165) is 18.3 Å². The first-order valence-electron chi connectivity index (χ1n) is 5.55. The van der Waals surface area contributed by atoms with Gasteiger partial charge in [-0.1, -0.05) is 15.9 Å². The highest BCUT2D eigenvalue weighted by atomic mass is 79.9. The van der Waals surface area contributed by atoms with Gasteiger partial charge in [-0.2, -0.15) is 0 Å². The predicted molar refractivity (Wildman–Crippen MR) is 67.9 cm³/mol. The van der Waals surface area contributed by atoms with E-state index in [0.29, 0.717) is 10.2 Å². The Morgan fingerprint density at radius 3 is 2.13 bits per heavy atom. The summed E-state index contributed by atoms with van der Waals surface area (Å²) in [6, 6.07) is 0. The molecule has 0 aliphatic heterocycles. The Morgan fingerprint density at radius 2 is 1.73 bits per heavy atom. The Hall–Kier alpha value is 0.240. The molecule has 0 aromatic carbocycles. The highest BCUT2D eigenvalue weighted by molar-refractivity contribution is 9.10. The molecular weight excluding hydrogens is 275 g/mol. The second-order valence-corrected chi connectivity index (χ2v) is 7.49. The van der Waals surface area contributed by atoms with Gasteiger partial charge in [-0.3, -0.25) is 5.41 Å². The fourth-order valence-corrected chi connectivity index (χ4v) is 5.92. The van der Waals surface area contributed by atoms with Crippen molar-refractivity contribution in [1.29, 1.82) is 5.41 Å². The van der Waals surface area contributed by atoms with E-state index in [-0.39, 0.29) is 17.8 Å². The lowest BCUT2D eigenvalue weighted by Crippen LogP contribution is -2.57. The van der Waals surface area contributed by atoms with Gasteiger partial charge in [0.05, 0.1) is 5.84 Å². The number of hydrogen-bond donors (Lipinski definition) is 2. The number of alkyl halides is 1. The Labute approximate surface area is 105 Å². The lowest BCUT2D eigenvalue weighted by atomic mass is 9.49. The Balaban J connectivity index is 0.000000853. The highest BCUT2D eigenvalue weighted by Crippen LogP contribution is 2.64. The second kappa shape index (κ2) is 3.36. The van der Waals surface area contributed by atoms with Gasteiger partial charge < -0.3 is 5.73 Å². The Bertz CT molecular complexity index is 291. The normalized spacial score (nSPS) is 51.3. The van der Waals surface area contributed by atoms with Crippen LogP contribution in [0.3, 0.4) is 0 Å². The summed E-state index contributed by atoms with van der Waals surface area (Å²) in [5.41, 5.74) is 5.89. The summed E-state index contributed by atoms with van der Waals surface area (Å²) in [7, 11) is 0. The van der Waals surface area contributed by atoms with Crippen molar-refractivity contribution in [3.63, 3.8) is 0 Å². The van der Waals surface area contributed by atoms with Crippen LogP contribution in [-0.2, 0) is 0 Å². The molecule has 4 rings (SSSR count). The van der Waals surface area contributed by atoms with Crippen LogP contribution >= 0.6 is 28.3 Å². The lowest BCUT2D eigenvalue weighted by Gasteiger charge is -2.59. The zero-order chi connectivity index (χ0) is 9.97. The van der Waals surface area contributed by atoms with Gasteiger partial charge >= 0.3 is 0 Å². The molecule has 4 bridgehead atoms. The molecule has 3 N–H and O–H groups in total. The fourth-order valence-electron chi connectivity index (χ4n) is 4.47. The van der Waals surface area contributed by atoms with Crippen LogP contribution in [0.1, 0.15) is 38.5 Å². The molecule has 0 aromatic heterocycles. The first-order valence-corrected chi connectivity index (χ1v) is 6.34. The first kappa shape index (κ1) is 11.7. The van der Waals surface area contributed by atoms with Gasteiger partial charge in [0.15, 0.2) is 0 Å².